The lowest BCUT2D eigenvalue weighted by Crippen LogP contribution is -2.44. The third kappa shape index (κ3) is 3.27. The van der Waals surface area contributed by atoms with Gasteiger partial charge in [-0.2, -0.15) is 0 Å². The lowest BCUT2D eigenvalue weighted by molar-refractivity contribution is -0.134. The Kier molecular flexibility index (Phi) is 5.08. The van der Waals surface area contributed by atoms with E-state index in [0.717, 1.165) is 58.2 Å². The van der Waals surface area contributed by atoms with Crippen LogP contribution in [0.1, 0.15) is 44.9 Å². The van der Waals surface area contributed by atoms with Crippen molar-refractivity contribution >= 4 is 17.8 Å². The maximum atomic E-state index is 12.6. The molecule has 2 aliphatic heterocycles. The maximum absolute atomic E-state index is 12.6. The molecular formula is C17H28N4O3. The molecule has 2 saturated heterocycles. The molecule has 0 aromatic rings. The fraction of sp³-hybridized carbons (Fsp3) is 0.824. The van der Waals surface area contributed by atoms with Crippen molar-refractivity contribution in [1.82, 2.24) is 20.4 Å². The summed E-state index contributed by atoms with van der Waals surface area (Å²) < 4.78 is 0. The summed E-state index contributed by atoms with van der Waals surface area (Å²) in [6, 6.07) is -0.331. The molecule has 0 aromatic heterocycles. The first-order valence-corrected chi connectivity index (χ1v) is 9.12. The zero-order chi connectivity index (χ0) is 17.2. The van der Waals surface area contributed by atoms with Gasteiger partial charge < -0.3 is 15.5 Å². The molecule has 0 atom stereocenters. The number of imide groups is 1. The van der Waals surface area contributed by atoms with Gasteiger partial charge in [0.15, 0.2) is 0 Å². The second-order valence-electron chi connectivity index (χ2n) is 7.31. The summed E-state index contributed by atoms with van der Waals surface area (Å²) in [4.78, 5) is 40.2. The SMILES string of the molecule is CNCC1CCN(C(=O)CCN2C(=O)NC3(CCCC3)C2=O)CC1. The zero-order valence-corrected chi connectivity index (χ0v) is 14.5. The average Bonchev–Trinajstić information content (AvgIpc) is 3.13. The molecule has 1 saturated carbocycles. The highest BCUT2D eigenvalue weighted by molar-refractivity contribution is 6.07. The molecule has 0 radical (unpaired) electrons. The van der Waals surface area contributed by atoms with E-state index < -0.39 is 5.54 Å². The van der Waals surface area contributed by atoms with Gasteiger partial charge in [0.2, 0.25) is 5.91 Å². The van der Waals surface area contributed by atoms with Crippen molar-refractivity contribution in [2.45, 2.75) is 50.5 Å². The number of amides is 4. The number of carbonyl (C=O) groups is 3. The van der Waals surface area contributed by atoms with Crippen LogP contribution in [-0.4, -0.2) is 66.4 Å². The van der Waals surface area contributed by atoms with E-state index in [1.54, 1.807) is 0 Å². The predicted octanol–water partition coefficient (Wildman–Crippen LogP) is 0.699. The zero-order valence-electron chi connectivity index (χ0n) is 14.5. The van der Waals surface area contributed by atoms with Gasteiger partial charge in [0.1, 0.15) is 5.54 Å². The molecule has 0 bridgehead atoms. The van der Waals surface area contributed by atoms with Crippen LogP contribution >= 0.6 is 0 Å². The van der Waals surface area contributed by atoms with Gasteiger partial charge in [0.25, 0.3) is 5.91 Å². The number of nitrogens with zero attached hydrogens (tertiary/aromatic N) is 2. The molecule has 3 aliphatic rings. The molecule has 134 valence electrons. The van der Waals surface area contributed by atoms with E-state index in [4.69, 9.17) is 0 Å². The third-order valence-corrected chi connectivity index (χ3v) is 5.71. The Labute approximate surface area is 143 Å². The van der Waals surface area contributed by atoms with Crippen LogP contribution in [0.15, 0.2) is 0 Å². The van der Waals surface area contributed by atoms with Crippen molar-refractivity contribution in [1.29, 1.82) is 0 Å². The Hall–Kier alpha value is -1.63. The average molecular weight is 336 g/mol. The van der Waals surface area contributed by atoms with E-state index in [9.17, 15) is 14.4 Å². The number of hydrogen-bond donors (Lipinski definition) is 2. The summed E-state index contributed by atoms with van der Waals surface area (Å²) in [7, 11) is 1.95. The normalized spacial score (nSPS) is 24.0. The van der Waals surface area contributed by atoms with Gasteiger partial charge in [-0.15, -0.1) is 0 Å². The summed E-state index contributed by atoms with van der Waals surface area (Å²) >= 11 is 0. The number of likely N-dealkylation sites (tertiary alicyclic amines) is 1. The Morgan fingerprint density at radius 1 is 1.25 bits per heavy atom. The topological polar surface area (TPSA) is 81.8 Å². The predicted molar refractivity (Wildman–Crippen MR) is 89.3 cm³/mol. The molecule has 0 aromatic carbocycles. The van der Waals surface area contributed by atoms with Crippen LogP contribution in [0, 0.1) is 5.92 Å². The van der Waals surface area contributed by atoms with Gasteiger partial charge in [-0.3, -0.25) is 14.5 Å². The molecule has 7 heteroatoms. The number of urea groups is 1. The Bertz CT molecular complexity index is 508. The van der Waals surface area contributed by atoms with Crippen LogP contribution < -0.4 is 10.6 Å². The van der Waals surface area contributed by atoms with E-state index in [-0.39, 0.29) is 30.8 Å². The van der Waals surface area contributed by atoms with Gasteiger partial charge in [0, 0.05) is 26.1 Å². The largest absolute Gasteiger partial charge is 0.343 e. The second kappa shape index (κ2) is 7.09. The van der Waals surface area contributed by atoms with Crippen LogP contribution in [-0.2, 0) is 9.59 Å². The van der Waals surface area contributed by atoms with E-state index in [2.05, 4.69) is 10.6 Å². The molecule has 4 amide bonds. The molecule has 1 aliphatic carbocycles. The van der Waals surface area contributed by atoms with Crippen LogP contribution in [0.3, 0.4) is 0 Å². The third-order valence-electron chi connectivity index (χ3n) is 5.71. The lowest BCUT2D eigenvalue weighted by atomic mass is 9.96. The monoisotopic (exact) mass is 336 g/mol. The van der Waals surface area contributed by atoms with Crippen molar-refractivity contribution in [3.63, 3.8) is 0 Å². The number of hydrogen-bond acceptors (Lipinski definition) is 4. The fourth-order valence-electron chi connectivity index (χ4n) is 4.24. The molecule has 3 rings (SSSR count). The highest BCUT2D eigenvalue weighted by Crippen LogP contribution is 2.35. The van der Waals surface area contributed by atoms with Crippen LogP contribution in [0.25, 0.3) is 0 Å². The van der Waals surface area contributed by atoms with Gasteiger partial charge >= 0.3 is 6.03 Å². The Morgan fingerprint density at radius 2 is 1.92 bits per heavy atom. The standard InChI is InChI=1S/C17H28N4O3/c1-18-12-13-4-9-20(10-5-13)14(22)6-11-21-15(23)17(19-16(21)24)7-2-3-8-17/h13,18H,2-12H2,1H3,(H,19,24). The van der Waals surface area contributed by atoms with Gasteiger partial charge in [0.05, 0.1) is 0 Å². The summed E-state index contributed by atoms with van der Waals surface area (Å²) in [6.07, 6.45) is 5.65. The van der Waals surface area contributed by atoms with Gasteiger partial charge in [-0.25, -0.2) is 4.79 Å². The Morgan fingerprint density at radius 3 is 2.54 bits per heavy atom. The fourth-order valence-corrected chi connectivity index (χ4v) is 4.24. The lowest BCUT2D eigenvalue weighted by Gasteiger charge is -2.32. The first-order chi connectivity index (χ1) is 11.6. The minimum absolute atomic E-state index is 0.0471. The first-order valence-electron chi connectivity index (χ1n) is 9.12. The highest BCUT2D eigenvalue weighted by atomic mass is 16.2. The highest BCUT2D eigenvalue weighted by Gasteiger charge is 2.52. The number of piperidine rings is 1. The van der Waals surface area contributed by atoms with Crippen LogP contribution in [0.4, 0.5) is 4.79 Å². The van der Waals surface area contributed by atoms with Gasteiger partial charge in [-0.05, 0) is 45.2 Å². The second-order valence-corrected chi connectivity index (χ2v) is 7.31. The van der Waals surface area contributed by atoms with Crippen molar-refractivity contribution in [3.8, 4) is 0 Å². The molecule has 2 N–H and O–H groups in total. The molecule has 2 heterocycles. The minimum Gasteiger partial charge on any atom is -0.343 e. The van der Waals surface area contributed by atoms with Crippen molar-refractivity contribution in [2.24, 2.45) is 5.92 Å². The van der Waals surface area contributed by atoms with E-state index in [1.165, 1.54) is 4.90 Å². The molecule has 0 unspecified atom stereocenters. The summed E-state index contributed by atoms with van der Waals surface area (Å²) in [5.74, 6) is 0.545. The first kappa shape index (κ1) is 17.2. The summed E-state index contributed by atoms with van der Waals surface area (Å²) in [5, 5.41) is 6.04. The van der Waals surface area contributed by atoms with E-state index >= 15 is 0 Å². The van der Waals surface area contributed by atoms with E-state index in [0.29, 0.717) is 5.92 Å². The molecular weight excluding hydrogens is 308 g/mol. The number of nitrogens with one attached hydrogen (secondary N) is 2. The van der Waals surface area contributed by atoms with Gasteiger partial charge in [-0.1, -0.05) is 12.8 Å². The van der Waals surface area contributed by atoms with Crippen molar-refractivity contribution in [2.75, 3.05) is 33.2 Å². The van der Waals surface area contributed by atoms with Crippen LogP contribution in [0.2, 0.25) is 0 Å². The number of rotatable bonds is 5. The van der Waals surface area contributed by atoms with Crippen molar-refractivity contribution < 1.29 is 14.4 Å². The maximum Gasteiger partial charge on any atom is 0.325 e. The molecule has 24 heavy (non-hydrogen) atoms. The van der Waals surface area contributed by atoms with Crippen molar-refractivity contribution in [3.05, 3.63) is 0 Å². The summed E-state index contributed by atoms with van der Waals surface area (Å²) in [5.41, 5.74) is -0.675. The molecule has 1 spiro atoms. The molecule has 7 nitrogen and oxygen atoms in total. The summed E-state index contributed by atoms with van der Waals surface area (Å²) in [6.45, 7) is 2.73. The van der Waals surface area contributed by atoms with Crippen LogP contribution in [0.5, 0.6) is 0 Å². The van der Waals surface area contributed by atoms with E-state index in [1.807, 2.05) is 11.9 Å². The quantitative estimate of drug-likeness (QED) is 0.724. The molecule has 3 fully saturated rings. The Balaban J connectivity index is 1.48. The smallest absolute Gasteiger partial charge is 0.325 e. The minimum atomic E-state index is -0.675. The number of carbonyl (C=O) groups excluding carboxylic acids is 3.